The van der Waals surface area contributed by atoms with Crippen LogP contribution in [0.2, 0.25) is 0 Å². The van der Waals surface area contributed by atoms with Crippen molar-refractivity contribution >= 4 is 11.9 Å². The van der Waals surface area contributed by atoms with Crippen molar-refractivity contribution in [1.29, 1.82) is 0 Å². The number of amides is 3. The SMILES string of the molecule is CCCNC(=O)N1CCN(C(=O)Cc2ccc(OC)c(C)c2OC)CC1. The van der Waals surface area contributed by atoms with E-state index in [-0.39, 0.29) is 18.4 Å². The number of benzene rings is 1. The van der Waals surface area contributed by atoms with E-state index >= 15 is 0 Å². The van der Waals surface area contributed by atoms with E-state index in [1.165, 1.54) is 0 Å². The number of ether oxygens (including phenoxy) is 2. The Morgan fingerprint density at radius 3 is 2.31 bits per heavy atom. The van der Waals surface area contributed by atoms with Crippen molar-refractivity contribution in [2.24, 2.45) is 0 Å². The number of nitrogens with one attached hydrogen (secondary N) is 1. The van der Waals surface area contributed by atoms with E-state index in [0.717, 1.165) is 23.3 Å². The highest BCUT2D eigenvalue weighted by molar-refractivity contribution is 5.80. The largest absolute Gasteiger partial charge is 0.496 e. The number of hydrogen-bond acceptors (Lipinski definition) is 4. The first kappa shape index (κ1) is 19.9. The Hall–Kier alpha value is -2.44. The van der Waals surface area contributed by atoms with Crippen LogP contribution in [-0.2, 0) is 11.2 Å². The van der Waals surface area contributed by atoms with Crippen LogP contribution in [0.5, 0.6) is 11.5 Å². The first-order chi connectivity index (χ1) is 12.5. The molecule has 7 heteroatoms. The zero-order valence-corrected chi connectivity index (χ0v) is 16.1. The zero-order chi connectivity index (χ0) is 19.1. The quantitative estimate of drug-likeness (QED) is 0.837. The predicted octanol–water partition coefficient (Wildman–Crippen LogP) is 1.82. The van der Waals surface area contributed by atoms with Gasteiger partial charge in [0.25, 0.3) is 0 Å². The van der Waals surface area contributed by atoms with Crippen molar-refractivity contribution in [3.8, 4) is 11.5 Å². The minimum Gasteiger partial charge on any atom is -0.496 e. The van der Waals surface area contributed by atoms with Crippen LogP contribution in [0.15, 0.2) is 12.1 Å². The second-order valence-corrected chi connectivity index (χ2v) is 6.36. The Bertz CT molecular complexity index is 640. The summed E-state index contributed by atoms with van der Waals surface area (Å²) in [6.07, 6.45) is 1.18. The molecule has 0 radical (unpaired) electrons. The number of piperazine rings is 1. The van der Waals surface area contributed by atoms with Gasteiger partial charge in [-0.05, 0) is 19.4 Å². The van der Waals surface area contributed by atoms with E-state index < -0.39 is 0 Å². The van der Waals surface area contributed by atoms with E-state index in [2.05, 4.69) is 5.32 Å². The molecule has 0 aliphatic carbocycles. The molecule has 0 aromatic heterocycles. The Labute approximate surface area is 155 Å². The molecule has 144 valence electrons. The molecule has 1 saturated heterocycles. The van der Waals surface area contributed by atoms with Gasteiger partial charge >= 0.3 is 6.03 Å². The number of hydrogen-bond donors (Lipinski definition) is 1. The third kappa shape index (κ3) is 4.59. The lowest BCUT2D eigenvalue weighted by Crippen LogP contribution is -2.53. The highest BCUT2D eigenvalue weighted by Gasteiger charge is 2.25. The summed E-state index contributed by atoms with van der Waals surface area (Å²) < 4.78 is 10.8. The molecular weight excluding hydrogens is 334 g/mol. The molecule has 26 heavy (non-hydrogen) atoms. The number of carbonyl (C=O) groups is 2. The number of carbonyl (C=O) groups excluding carboxylic acids is 2. The van der Waals surface area contributed by atoms with Crippen LogP contribution in [0.1, 0.15) is 24.5 Å². The molecule has 3 amide bonds. The smallest absolute Gasteiger partial charge is 0.317 e. The molecule has 1 aliphatic heterocycles. The van der Waals surface area contributed by atoms with Crippen molar-refractivity contribution in [2.45, 2.75) is 26.7 Å². The van der Waals surface area contributed by atoms with Crippen LogP contribution in [0.3, 0.4) is 0 Å². The normalized spacial score (nSPS) is 14.2. The number of methoxy groups -OCH3 is 2. The Morgan fingerprint density at radius 2 is 1.73 bits per heavy atom. The molecule has 1 fully saturated rings. The molecule has 1 aromatic rings. The average Bonchev–Trinajstić information content (AvgIpc) is 2.66. The molecule has 0 unspecified atom stereocenters. The molecule has 0 bridgehead atoms. The number of urea groups is 1. The molecule has 0 spiro atoms. The summed E-state index contributed by atoms with van der Waals surface area (Å²) in [4.78, 5) is 28.2. The van der Waals surface area contributed by atoms with E-state index in [9.17, 15) is 9.59 Å². The van der Waals surface area contributed by atoms with Gasteiger partial charge in [0, 0.05) is 43.9 Å². The monoisotopic (exact) mass is 363 g/mol. The van der Waals surface area contributed by atoms with Crippen LogP contribution >= 0.6 is 0 Å². The molecule has 2 rings (SSSR count). The predicted molar refractivity (Wildman–Crippen MR) is 99.8 cm³/mol. The molecule has 1 N–H and O–H groups in total. The van der Waals surface area contributed by atoms with Crippen LogP contribution in [0.25, 0.3) is 0 Å². The third-order valence-electron chi connectivity index (χ3n) is 4.65. The van der Waals surface area contributed by atoms with Crippen LogP contribution in [0.4, 0.5) is 4.79 Å². The molecule has 0 saturated carbocycles. The van der Waals surface area contributed by atoms with Gasteiger partial charge in [0.1, 0.15) is 11.5 Å². The highest BCUT2D eigenvalue weighted by atomic mass is 16.5. The molecule has 7 nitrogen and oxygen atoms in total. The summed E-state index contributed by atoms with van der Waals surface area (Å²) >= 11 is 0. The minimum atomic E-state index is -0.0496. The first-order valence-corrected chi connectivity index (χ1v) is 9.02. The van der Waals surface area contributed by atoms with Gasteiger partial charge < -0.3 is 24.6 Å². The van der Waals surface area contributed by atoms with Gasteiger partial charge in [-0.3, -0.25) is 4.79 Å². The van der Waals surface area contributed by atoms with Crippen molar-refractivity contribution in [3.05, 3.63) is 23.3 Å². The Balaban J connectivity index is 1.95. The van der Waals surface area contributed by atoms with E-state index in [0.29, 0.717) is 38.5 Å². The molecule has 1 aromatic carbocycles. The Kier molecular flexibility index (Phi) is 7.12. The standard InChI is InChI=1S/C19H29N3O4/c1-5-8-20-19(24)22-11-9-21(10-12-22)17(23)13-15-6-7-16(25-3)14(2)18(15)26-4/h6-7H,5,8-13H2,1-4H3,(H,20,24). The lowest BCUT2D eigenvalue weighted by atomic mass is 10.0. The fourth-order valence-electron chi connectivity index (χ4n) is 3.15. The summed E-state index contributed by atoms with van der Waals surface area (Å²) in [5.74, 6) is 1.47. The highest BCUT2D eigenvalue weighted by Crippen LogP contribution is 2.31. The van der Waals surface area contributed by atoms with Crippen molar-refractivity contribution in [3.63, 3.8) is 0 Å². The maximum absolute atomic E-state index is 12.7. The minimum absolute atomic E-state index is 0.0430. The van der Waals surface area contributed by atoms with E-state index in [1.807, 2.05) is 30.9 Å². The topological polar surface area (TPSA) is 71.1 Å². The summed E-state index contributed by atoms with van der Waals surface area (Å²) in [5.41, 5.74) is 1.73. The number of nitrogens with zero attached hydrogens (tertiary/aromatic N) is 2. The number of rotatable bonds is 6. The van der Waals surface area contributed by atoms with Gasteiger partial charge in [-0.2, -0.15) is 0 Å². The fraction of sp³-hybridized carbons (Fsp3) is 0.579. The second kappa shape index (κ2) is 9.31. The summed E-state index contributed by atoms with van der Waals surface area (Å²) in [7, 11) is 3.21. The van der Waals surface area contributed by atoms with Gasteiger partial charge in [0.05, 0.1) is 20.6 Å². The van der Waals surface area contributed by atoms with Crippen molar-refractivity contribution in [1.82, 2.24) is 15.1 Å². The van der Waals surface area contributed by atoms with Crippen LogP contribution in [0, 0.1) is 6.92 Å². The maximum Gasteiger partial charge on any atom is 0.317 e. The lowest BCUT2D eigenvalue weighted by Gasteiger charge is -2.35. The van der Waals surface area contributed by atoms with Gasteiger partial charge in [0.15, 0.2) is 0 Å². The van der Waals surface area contributed by atoms with Gasteiger partial charge in [-0.15, -0.1) is 0 Å². The van der Waals surface area contributed by atoms with Crippen LogP contribution in [-0.4, -0.2) is 68.7 Å². The van der Waals surface area contributed by atoms with Crippen molar-refractivity contribution in [2.75, 3.05) is 46.9 Å². The summed E-state index contributed by atoms with van der Waals surface area (Å²) in [5, 5.41) is 2.87. The van der Waals surface area contributed by atoms with Gasteiger partial charge in [-0.1, -0.05) is 13.0 Å². The summed E-state index contributed by atoms with van der Waals surface area (Å²) in [6.45, 7) is 6.83. The van der Waals surface area contributed by atoms with Gasteiger partial charge in [-0.25, -0.2) is 4.79 Å². The molecular formula is C19H29N3O4. The van der Waals surface area contributed by atoms with Gasteiger partial charge in [0.2, 0.25) is 5.91 Å². The Morgan fingerprint density at radius 1 is 1.08 bits per heavy atom. The zero-order valence-electron chi connectivity index (χ0n) is 16.1. The fourth-order valence-corrected chi connectivity index (χ4v) is 3.15. The average molecular weight is 363 g/mol. The maximum atomic E-state index is 12.7. The van der Waals surface area contributed by atoms with Crippen LogP contribution < -0.4 is 14.8 Å². The molecule has 1 heterocycles. The first-order valence-electron chi connectivity index (χ1n) is 9.02. The van der Waals surface area contributed by atoms with E-state index in [1.54, 1.807) is 19.1 Å². The molecule has 0 atom stereocenters. The van der Waals surface area contributed by atoms with Crippen molar-refractivity contribution < 1.29 is 19.1 Å². The summed E-state index contributed by atoms with van der Waals surface area (Å²) in [6, 6.07) is 3.68. The molecule has 1 aliphatic rings. The lowest BCUT2D eigenvalue weighted by molar-refractivity contribution is -0.131. The second-order valence-electron chi connectivity index (χ2n) is 6.36. The van der Waals surface area contributed by atoms with E-state index in [4.69, 9.17) is 9.47 Å². The third-order valence-corrected chi connectivity index (χ3v) is 4.65.